The van der Waals surface area contributed by atoms with E-state index in [0.717, 1.165) is 18.2 Å². The van der Waals surface area contributed by atoms with E-state index in [1.54, 1.807) is 12.1 Å². The summed E-state index contributed by atoms with van der Waals surface area (Å²) in [5, 5.41) is 2.52. The minimum atomic E-state index is -1.19. The number of halogens is 2. The molecule has 0 fully saturated rings. The molecule has 0 radical (unpaired) electrons. The van der Waals surface area contributed by atoms with Crippen LogP contribution in [0.15, 0.2) is 42.5 Å². The van der Waals surface area contributed by atoms with E-state index in [0.29, 0.717) is 5.69 Å². The largest absolute Gasteiger partial charge is 0.451 e. The van der Waals surface area contributed by atoms with Crippen LogP contribution in [0.5, 0.6) is 0 Å². The van der Waals surface area contributed by atoms with Crippen LogP contribution in [0.3, 0.4) is 0 Å². The summed E-state index contributed by atoms with van der Waals surface area (Å²) in [4.78, 5) is 35.3. The second-order valence-corrected chi connectivity index (χ2v) is 5.30. The standard InChI is InChI=1S/C18H15F2NO4/c1-10(17(23)12-6-7-15(19)16(20)9-12)25-18(24)13-4-3-5-14(8-13)21-11(2)22/h3-10H,1-2H3,(H,21,22). The van der Waals surface area contributed by atoms with E-state index in [-0.39, 0.29) is 17.0 Å². The Morgan fingerprint density at radius 2 is 1.72 bits per heavy atom. The minimum absolute atomic E-state index is 0.105. The SMILES string of the molecule is CC(=O)Nc1cccc(C(=O)OC(C)C(=O)c2ccc(F)c(F)c2)c1. The van der Waals surface area contributed by atoms with Crippen molar-refractivity contribution in [2.75, 3.05) is 5.32 Å². The fourth-order valence-corrected chi connectivity index (χ4v) is 2.09. The van der Waals surface area contributed by atoms with Crippen LogP contribution in [0.4, 0.5) is 14.5 Å². The van der Waals surface area contributed by atoms with E-state index in [4.69, 9.17) is 4.74 Å². The number of carbonyl (C=O) groups excluding carboxylic acids is 3. The van der Waals surface area contributed by atoms with Crippen molar-refractivity contribution < 1.29 is 27.9 Å². The number of hydrogen-bond donors (Lipinski definition) is 1. The summed E-state index contributed by atoms with van der Waals surface area (Å²) in [5.41, 5.74) is 0.434. The minimum Gasteiger partial charge on any atom is -0.451 e. The normalized spacial score (nSPS) is 11.5. The Hall–Kier alpha value is -3.09. The van der Waals surface area contributed by atoms with Gasteiger partial charge < -0.3 is 10.1 Å². The number of Topliss-reactive ketones (excluding diaryl/α,β-unsaturated/α-hetero) is 1. The second-order valence-electron chi connectivity index (χ2n) is 5.30. The van der Waals surface area contributed by atoms with E-state index in [1.807, 2.05) is 0 Å². The highest BCUT2D eigenvalue weighted by Crippen LogP contribution is 2.15. The molecule has 1 N–H and O–H groups in total. The predicted molar refractivity (Wildman–Crippen MR) is 86.3 cm³/mol. The van der Waals surface area contributed by atoms with Crippen LogP contribution in [-0.4, -0.2) is 23.8 Å². The molecule has 2 rings (SSSR count). The summed E-state index contributed by atoms with van der Waals surface area (Å²) >= 11 is 0. The van der Waals surface area contributed by atoms with Crippen molar-refractivity contribution in [3.63, 3.8) is 0 Å². The van der Waals surface area contributed by atoms with Gasteiger partial charge >= 0.3 is 5.97 Å². The zero-order valence-electron chi connectivity index (χ0n) is 13.5. The average molecular weight is 347 g/mol. The molecule has 0 aliphatic rings. The maximum Gasteiger partial charge on any atom is 0.338 e. The van der Waals surface area contributed by atoms with E-state index in [2.05, 4.69) is 5.32 Å². The number of anilines is 1. The van der Waals surface area contributed by atoms with E-state index < -0.39 is 29.5 Å². The Kier molecular flexibility index (Phi) is 5.59. The smallest absolute Gasteiger partial charge is 0.338 e. The lowest BCUT2D eigenvalue weighted by Crippen LogP contribution is -2.24. The number of nitrogens with one attached hydrogen (secondary N) is 1. The van der Waals surface area contributed by atoms with E-state index in [9.17, 15) is 23.2 Å². The van der Waals surface area contributed by atoms with E-state index >= 15 is 0 Å². The van der Waals surface area contributed by atoms with Gasteiger partial charge in [-0.25, -0.2) is 13.6 Å². The number of ketones is 1. The van der Waals surface area contributed by atoms with Gasteiger partial charge in [-0.15, -0.1) is 0 Å². The van der Waals surface area contributed by atoms with Gasteiger partial charge in [-0.05, 0) is 43.3 Å². The van der Waals surface area contributed by atoms with Crippen molar-refractivity contribution in [3.8, 4) is 0 Å². The quantitative estimate of drug-likeness (QED) is 0.665. The zero-order chi connectivity index (χ0) is 18.6. The maximum atomic E-state index is 13.2. The van der Waals surface area contributed by atoms with Crippen molar-refractivity contribution >= 4 is 23.3 Å². The van der Waals surface area contributed by atoms with Gasteiger partial charge in [0.2, 0.25) is 11.7 Å². The summed E-state index contributed by atoms with van der Waals surface area (Å²) in [7, 11) is 0. The molecule has 1 atom stereocenters. The first-order chi connectivity index (χ1) is 11.8. The number of benzene rings is 2. The molecule has 130 valence electrons. The molecule has 0 aliphatic carbocycles. The van der Waals surface area contributed by atoms with Crippen LogP contribution in [0.2, 0.25) is 0 Å². The van der Waals surface area contributed by atoms with Crippen molar-refractivity contribution in [1.82, 2.24) is 0 Å². The van der Waals surface area contributed by atoms with Gasteiger partial charge in [0, 0.05) is 18.2 Å². The van der Waals surface area contributed by atoms with Crippen molar-refractivity contribution in [3.05, 3.63) is 65.2 Å². The predicted octanol–water partition coefficient (Wildman–Crippen LogP) is 3.35. The number of ether oxygens (including phenoxy) is 1. The fraction of sp³-hybridized carbons (Fsp3) is 0.167. The molecule has 0 aromatic heterocycles. The number of amides is 1. The first-order valence-electron chi connectivity index (χ1n) is 7.36. The molecule has 5 nitrogen and oxygen atoms in total. The first-order valence-corrected chi connectivity index (χ1v) is 7.36. The summed E-state index contributed by atoms with van der Waals surface area (Å²) in [5.74, 6) is -3.98. The molecule has 25 heavy (non-hydrogen) atoms. The van der Waals surface area contributed by atoms with Crippen LogP contribution in [-0.2, 0) is 9.53 Å². The third kappa shape index (κ3) is 4.69. The number of carbonyl (C=O) groups is 3. The molecule has 2 aromatic carbocycles. The topological polar surface area (TPSA) is 72.5 Å². The molecule has 0 bridgehead atoms. The van der Waals surface area contributed by atoms with Crippen LogP contribution < -0.4 is 5.32 Å². The highest BCUT2D eigenvalue weighted by Gasteiger charge is 2.21. The molecule has 7 heteroatoms. The fourth-order valence-electron chi connectivity index (χ4n) is 2.09. The van der Waals surface area contributed by atoms with Crippen LogP contribution >= 0.6 is 0 Å². The van der Waals surface area contributed by atoms with Gasteiger partial charge in [-0.3, -0.25) is 9.59 Å². The Morgan fingerprint density at radius 3 is 2.36 bits per heavy atom. The van der Waals surface area contributed by atoms with Crippen LogP contribution in [0.1, 0.15) is 34.6 Å². The lowest BCUT2D eigenvalue weighted by atomic mass is 10.1. The number of esters is 1. The highest BCUT2D eigenvalue weighted by atomic mass is 19.2. The van der Waals surface area contributed by atoms with E-state index in [1.165, 1.54) is 26.0 Å². The Morgan fingerprint density at radius 1 is 1.00 bits per heavy atom. The summed E-state index contributed by atoms with van der Waals surface area (Å²) in [6, 6.07) is 8.69. The van der Waals surface area contributed by atoms with Crippen LogP contribution in [0.25, 0.3) is 0 Å². The average Bonchev–Trinajstić information content (AvgIpc) is 2.56. The van der Waals surface area contributed by atoms with Gasteiger partial charge in [-0.1, -0.05) is 6.07 Å². The molecule has 1 amide bonds. The Balaban J connectivity index is 2.10. The maximum absolute atomic E-state index is 13.2. The number of hydrogen-bond acceptors (Lipinski definition) is 4. The van der Waals surface area contributed by atoms with Crippen LogP contribution in [0, 0.1) is 11.6 Å². The monoisotopic (exact) mass is 347 g/mol. The lowest BCUT2D eigenvalue weighted by molar-refractivity contribution is -0.114. The van der Waals surface area contributed by atoms with Gasteiger partial charge in [0.15, 0.2) is 17.7 Å². The van der Waals surface area contributed by atoms with Gasteiger partial charge in [-0.2, -0.15) is 0 Å². The lowest BCUT2D eigenvalue weighted by Gasteiger charge is -2.13. The molecule has 0 heterocycles. The molecule has 0 saturated carbocycles. The summed E-state index contributed by atoms with van der Waals surface area (Å²) in [6.45, 7) is 2.66. The van der Waals surface area contributed by atoms with Crippen molar-refractivity contribution in [1.29, 1.82) is 0 Å². The molecule has 0 saturated heterocycles. The van der Waals surface area contributed by atoms with Gasteiger partial charge in [0.1, 0.15) is 0 Å². The molecule has 0 spiro atoms. The highest BCUT2D eigenvalue weighted by molar-refractivity contribution is 6.01. The zero-order valence-corrected chi connectivity index (χ0v) is 13.5. The first kappa shape index (κ1) is 18.3. The number of rotatable bonds is 5. The molecule has 2 aromatic rings. The Labute approximate surface area is 142 Å². The summed E-state index contributed by atoms with van der Waals surface area (Å²) in [6.07, 6.45) is -1.19. The third-order valence-corrected chi connectivity index (χ3v) is 3.28. The van der Waals surface area contributed by atoms with Crippen molar-refractivity contribution in [2.24, 2.45) is 0 Å². The van der Waals surface area contributed by atoms with Crippen molar-refractivity contribution in [2.45, 2.75) is 20.0 Å². The Bertz CT molecular complexity index is 836. The molecular formula is C18H15F2NO4. The molecular weight excluding hydrogens is 332 g/mol. The van der Waals surface area contributed by atoms with Gasteiger partial charge in [0.25, 0.3) is 0 Å². The molecule has 1 unspecified atom stereocenters. The molecule has 0 aliphatic heterocycles. The second kappa shape index (κ2) is 7.65. The summed E-state index contributed by atoms with van der Waals surface area (Å²) < 4.78 is 31.2. The van der Waals surface area contributed by atoms with Gasteiger partial charge in [0.05, 0.1) is 5.56 Å². The third-order valence-electron chi connectivity index (χ3n) is 3.28.